The Kier molecular flexibility index (Phi) is 5.29. The van der Waals surface area contributed by atoms with Gasteiger partial charge in [-0.25, -0.2) is 18.4 Å². The van der Waals surface area contributed by atoms with Crippen LogP contribution < -0.4 is 5.32 Å². The normalized spacial score (nSPS) is 18.4. The lowest BCUT2D eigenvalue weighted by Crippen LogP contribution is -2.40. The molecule has 1 N–H and O–H groups in total. The molecule has 0 spiro atoms. The Hall–Kier alpha value is -2.33. The molecular formula is C17H24N6O3S. The standard InChI is InChI=1S/C17H24N6O3S/c1-11-15(10-20-22(11)4)27(25,26)23-8-6-5-7-14(23)16-13(17(24)18-3)9-19-12(2)21-16/h9-10,14H,5-8H2,1-4H3,(H,18,24)/t14-/m1/s1. The Balaban J connectivity index is 2.11. The van der Waals surface area contributed by atoms with Crippen molar-refractivity contribution in [1.29, 1.82) is 0 Å². The van der Waals surface area contributed by atoms with Gasteiger partial charge in [0.25, 0.3) is 5.91 Å². The van der Waals surface area contributed by atoms with Gasteiger partial charge in [0, 0.05) is 26.8 Å². The molecule has 2 aromatic rings. The highest BCUT2D eigenvalue weighted by Gasteiger charge is 2.38. The molecule has 10 heteroatoms. The van der Waals surface area contributed by atoms with Crippen molar-refractivity contribution in [2.45, 2.75) is 44.0 Å². The van der Waals surface area contributed by atoms with Crippen LogP contribution >= 0.6 is 0 Å². The molecule has 1 fully saturated rings. The van der Waals surface area contributed by atoms with Crippen molar-refractivity contribution < 1.29 is 13.2 Å². The zero-order chi connectivity index (χ0) is 19.8. The first-order valence-electron chi connectivity index (χ1n) is 8.83. The van der Waals surface area contributed by atoms with Crippen molar-refractivity contribution in [2.24, 2.45) is 7.05 Å². The fraction of sp³-hybridized carbons (Fsp3) is 0.529. The number of rotatable bonds is 4. The molecule has 1 saturated heterocycles. The molecule has 27 heavy (non-hydrogen) atoms. The zero-order valence-electron chi connectivity index (χ0n) is 15.9. The van der Waals surface area contributed by atoms with E-state index in [2.05, 4.69) is 20.4 Å². The largest absolute Gasteiger partial charge is 0.355 e. The van der Waals surface area contributed by atoms with Gasteiger partial charge >= 0.3 is 0 Å². The maximum absolute atomic E-state index is 13.4. The average Bonchev–Trinajstić information content (AvgIpc) is 3.00. The lowest BCUT2D eigenvalue weighted by atomic mass is 9.98. The van der Waals surface area contributed by atoms with Gasteiger partial charge in [-0.15, -0.1) is 0 Å². The molecule has 9 nitrogen and oxygen atoms in total. The molecule has 1 amide bonds. The second kappa shape index (κ2) is 7.35. The van der Waals surface area contributed by atoms with Crippen LogP contribution in [-0.4, -0.2) is 52.0 Å². The molecule has 3 heterocycles. The number of hydrogen-bond donors (Lipinski definition) is 1. The van der Waals surface area contributed by atoms with Gasteiger partial charge < -0.3 is 5.32 Å². The highest BCUT2D eigenvalue weighted by Crippen LogP contribution is 2.36. The van der Waals surface area contributed by atoms with Crippen molar-refractivity contribution in [3.63, 3.8) is 0 Å². The number of amides is 1. The van der Waals surface area contributed by atoms with Gasteiger partial charge in [0.05, 0.1) is 29.2 Å². The van der Waals surface area contributed by atoms with E-state index in [0.29, 0.717) is 35.7 Å². The van der Waals surface area contributed by atoms with E-state index in [1.165, 1.54) is 28.4 Å². The number of nitrogens with one attached hydrogen (secondary N) is 1. The van der Waals surface area contributed by atoms with Crippen LogP contribution in [0.5, 0.6) is 0 Å². The van der Waals surface area contributed by atoms with Gasteiger partial charge in [-0.2, -0.15) is 9.40 Å². The Labute approximate surface area is 158 Å². The minimum Gasteiger partial charge on any atom is -0.355 e. The molecule has 0 aromatic carbocycles. The fourth-order valence-corrected chi connectivity index (χ4v) is 5.22. The second-order valence-electron chi connectivity index (χ2n) is 6.64. The van der Waals surface area contributed by atoms with Gasteiger partial charge in [-0.1, -0.05) is 6.42 Å². The van der Waals surface area contributed by atoms with Crippen molar-refractivity contribution in [3.8, 4) is 0 Å². The number of carbonyl (C=O) groups is 1. The zero-order valence-corrected chi connectivity index (χ0v) is 16.7. The summed E-state index contributed by atoms with van der Waals surface area (Å²) in [6.07, 6.45) is 5.05. The smallest absolute Gasteiger partial charge is 0.254 e. The summed E-state index contributed by atoms with van der Waals surface area (Å²) >= 11 is 0. The summed E-state index contributed by atoms with van der Waals surface area (Å²) in [4.78, 5) is 21.0. The van der Waals surface area contributed by atoms with E-state index < -0.39 is 16.1 Å². The Bertz CT molecular complexity index is 969. The van der Waals surface area contributed by atoms with Crippen LogP contribution in [0.25, 0.3) is 0 Å². The molecule has 3 rings (SSSR count). The quantitative estimate of drug-likeness (QED) is 0.834. The molecule has 0 bridgehead atoms. The monoisotopic (exact) mass is 392 g/mol. The summed E-state index contributed by atoms with van der Waals surface area (Å²) in [5.74, 6) is 0.170. The summed E-state index contributed by atoms with van der Waals surface area (Å²) in [5, 5.41) is 6.65. The molecule has 1 atom stereocenters. The van der Waals surface area contributed by atoms with E-state index in [0.717, 1.165) is 12.8 Å². The van der Waals surface area contributed by atoms with Crippen LogP contribution in [0.2, 0.25) is 0 Å². The minimum atomic E-state index is -3.77. The second-order valence-corrected chi connectivity index (χ2v) is 8.50. The predicted molar refractivity (Wildman–Crippen MR) is 98.6 cm³/mol. The number of carbonyl (C=O) groups excluding carboxylic acids is 1. The summed E-state index contributed by atoms with van der Waals surface area (Å²) in [6, 6.07) is -0.516. The Morgan fingerprint density at radius 2 is 2.00 bits per heavy atom. The molecule has 1 aliphatic heterocycles. The first kappa shape index (κ1) is 19.4. The third kappa shape index (κ3) is 3.46. The van der Waals surface area contributed by atoms with Crippen LogP contribution in [-0.2, 0) is 17.1 Å². The van der Waals surface area contributed by atoms with E-state index in [-0.39, 0.29) is 10.8 Å². The number of piperidine rings is 1. The van der Waals surface area contributed by atoms with Gasteiger partial charge in [0.15, 0.2) is 0 Å². The van der Waals surface area contributed by atoms with Crippen LogP contribution in [0, 0.1) is 13.8 Å². The van der Waals surface area contributed by atoms with Crippen LogP contribution in [0.15, 0.2) is 17.3 Å². The van der Waals surface area contributed by atoms with Gasteiger partial charge in [0.2, 0.25) is 10.0 Å². The highest BCUT2D eigenvalue weighted by molar-refractivity contribution is 7.89. The fourth-order valence-electron chi connectivity index (χ4n) is 3.38. The first-order valence-corrected chi connectivity index (χ1v) is 10.3. The molecule has 0 radical (unpaired) electrons. The highest BCUT2D eigenvalue weighted by atomic mass is 32.2. The van der Waals surface area contributed by atoms with Crippen molar-refractivity contribution >= 4 is 15.9 Å². The SMILES string of the molecule is CNC(=O)c1cnc(C)nc1[C@H]1CCCCN1S(=O)(=O)c1cnn(C)c1C. The topological polar surface area (TPSA) is 110 Å². The Morgan fingerprint density at radius 1 is 1.26 bits per heavy atom. The van der Waals surface area contributed by atoms with Gasteiger partial charge in [-0.3, -0.25) is 9.48 Å². The maximum Gasteiger partial charge on any atom is 0.254 e. The lowest BCUT2D eigenvalue weighted by molar-refractivity contribution is 0.0958. The van der Waals surface area contributed by atoms with Crippen LogP contribution in [0.3, 0.4) is 0 Å². The van der Waals surface area contributed by atoms with E-state index >= 15 is 0 Å². The molecule has 0 saturated carbocycles. The third-order valence-electron chi connectivity index (χ3n) is 4.96. The van der Waals surface area contributed by atoms with E-state index in [1.807, 2.05) is 0 Å². The van der Waals surface area contributed by atoms with Gasteiger partial charge in [-0.05, 0) is 26.7 Å². The number of hydrogen-bond acceptors (Lipinski definition) is 6. The molecule has 2 aromatic heterocycles. The molecule has 0 aliphatic carbocycles. The maximum atomic E-state index is 13.4. The third-order valence-corrected chi connectivity index (χ3v) is 6.97. The lowest BCUT2D eigenvalue weighted by Gasteiger charge is -2.34. The summed E-state index contributed by atoms with van der Waals surface area (Å²) in [7, 11) is -0.537. The molecule has 1 aliphatic rings. The van der Waals surface area contributed by atoms with Crippen LogP contribution in [0.4, 0.5) is 0 Å². The van der Waals surface area contributed by atoms with Crippen molar-refractivity contribution in [3.05, 3.63) is 35.2 Å². The number of sulfonamides is 1. The van der Waals surface area contributed by atoms with Crippen molar-refractivity contribution in [2.75, 3.05) is 13.6 Å². The number of aromatic nitrogens is 4. The predicted octanol–water partition coefficient (Wildman–Crippen LogP) is 1.10. The first-order chi connectivity index (χ1) is 12.8. The number of aryl methyl sites for hydroxylation is 2. The molecular weight excluding hydrogens is 368 g/mol. The molecule has 0 unspecified atom stereocenters. The summed E-state index contributed by atoms with van der Waals surface area (Å²) in [5.41, 5.74) is 1.33. The molecule has 146 valence electrons. The Morgan fingerprint density at radius 3 is 2.63 bits per heavy atom. The van der Waals surface area contributed by atoms with E-state index in [4.69, 9.17) is 0 Å². The minimum absolute atomic E-state index is 0.184. The van der Waals surface area contributed by atoms with Gasteiger partial charge in [0.1, 0.15) is 10.7 Å². The summed E-state index contributed by atoms with van der Waals surface area (Å²) < 4.78 is 29.7. The average molecular weight is 392 g/mol. The number of nitrogens with zero attached hydrogens (tertiary/aromatic N) is 5. The van der Waals surface area contributed by atoms with E-state index in [1.54, 1.807) is 20.9 Å². The van der Waals surface area contributed by atoms with E-state index in [9.17, 15) is 13.2 Å². The van der Waals surface area contributed by atoms with Crippen molar-refractivity contribution in [1.82, 2.24) is 29.4 Å². The van der Waals surface area contributed by atoms with Crippen LogP contribution in [0.1, 0.15) is 52.9 Å². The summed E-state index contributed by atoms with van der Waals surface area (Å²) in [6.45, 7) is 3.82.